The largest absolute Gasteiger partial charge is 0.494 e. The van der Waals surface area contributed by atoms with Gasteiger partial charge in [-0.15, -0.1) is 0 Å². The van der Waals surface area contributed by atoms with Gasteiger partial charge in [0.25, 0.3) is 0 Å². The second kappa shape index (κ2) is 6.75. The second-order valence-corrected chi connectivity index (χ2v) is 10.8. The van der Waals surface area contributed by atoms with Gasteiger partial charge in [0, 0.05) is 36.9 Å². The van der Waals surface area contributed by atoms with Crippen LogP contribution in [-0.2, 0) is 15.7 Å². The van der Waals surface area contributed by atoms with Crippen LogP contribution in [0.2, 0.25) is 0 Å². The Hall–Kier alpha value is -1.04. The van der Waals surface area contributed by atoms with Crippen LogP contribution in [0, 0.1) is 0 Å². The smallest absolute Gasteiger partial charge is 0.399 e. The number of benzene rings is 1. The zero-order valence-corrected chi connectivity index (χ0v) is 18.8. The van der Waals surface area contributed by atoms with Crippen LogP contribution >= 0.6 is 0 Å². The van der Waals surface area contributed by atoms with Crippen molar-refractivity contribution in [3.8, 4) is 0 Å². The number of likely N-dealkylation sites (tertiary alicyclic amines) is 1. The molecule has 5 heteroatoms. The van der Waals surface area contributed by atoms with E-state index in [0.29, 0.717) is 6.04 Å². The van der Waals surface area contributed by atoms with Crippen molar-refractivity contribution in [1.29, 1.82) is 0 Å². The molecule has 0 bridgehead atoms. The SMILES string of the molecule is CC(C)(C)N1CCC(N2CCc3cc(B4OC(C)(C)C(C)(C)O4)ccc32)CC1. The molecular formula is C23H37BN2O2. The Balaban J connectivity index is 1.46. The topological polar surface area (TPSA) is 24.9 Å². The molecule has 2 saturated heterocycles. The van der Waals surface area contributed by atoms with E-state index in [9.17, 15) is 0 Å². The first kappa shape index (κ1) is 20.2. The Bertz CT molecular complexity index is 717. The molecule has 154 valence electrons. The van der Waals surface area contributed by atoms with Crippen LogP contribution in [0.15, 0.2) is 18.2 Å². The van der Waals surface area contributed by atoms with Gasteiger partial charge in [-0.1, -0.05) is 12.1 Å². The molecule has 1 aromatic rings. The fraction of sp³-hybridized carbons (Fsp3) is 0.739. The lowest BCUT2D eigenvalue weighted by molar-refractivity contribution is 0.00578. The van der Waals surface area contributed by atoms with E-state index in [-0.39, 0.29) is 23.9 Å². The average molecular weight is 384 g/mol. The molecule has 0 saturated carbocycles. The molecule has 3 aliphatic rings. The van der Waals surface area contributed by atoms with E-state index >= 15 is 0 Å². The normalized spacial score (nSPS) is 25.4. The van der Waals surface area contributed by atoms with Gasteiger partial charge in [-0.05, 0) is 84.8 Å². The standard InChI is InChI=1S/C23H37BN2O2/c1-21(2,3)25-13-11-19(12-14-25)26-15-10-17-16-18(8-9-20(17)26)24-27-22(4,5)23(6,7)28-24/h8-9,16,19H,10-15H2,1-7H3. The van der Waals surface area contributed by atoms with Crippen LogP contribution in [-0.4, -0.2) is 54.4 Å². The Morgan fingerprint density at radius 3 is 2.14 bits per heavy atom. The van der Waals surface area contributed by atoms with Gasteiger partial charge in [-0.3, -0.25) is 4.90 Å². The first-order valence-corrected chi connectivity index (χ1v) is 11.0. The summed E-state index contributed by atoms with van der Waals surface area (Å²) in [5.74, 6) is 0. The first-order valence-electron chi connectivity index (χ1n) is 11.0. The van der Waals surface area contributed by atoms with Crippen LogP contribution in [0.4, 0.5) is 5.69 Å². The lowest BCUT2D eigenvalue weighted by Crippen LogP contribution is -2.50. The molecule has 2 fully saturated rings. The molecule has 0 aliphatic carbocycles. The summed E-state index contributed by atoms with van der Waals surface area (Å²) in [4.78, 5) is 5.28. The lowest BCUT2D eigenvalue weighted by atomic mass is 9.78. The lowest BCUT2D eigenvalue weighted by Gasteiger charge is -2.43. The molecule has 1 aromatic carbocycles. The van der Waals surface area contributed by atoms with Gasteiger partial charge >= 0.3 is 7.12 Å². The predicted octanol–water partition coefficient (Wildman–Crippen LogP) is 3.61. The van der Waals surface area contributed by atoms with Gasteiger partial charge in [-0.25, -0.2) is 0 Å². The van der Waals surface area contributed by atoms with Crippen molar-refractivity contribution in [2.75, 3.05) is 24.5 Å². The maximum absolute atomic E-state index is 6.26. The number of anilines is 1. The molecule has 0 N–H and O–H groups in total. The summed E-state index contributed by atoms with van der Waals surface area (Å²) < 4.78 is 12.5. The highest BCUT2D eigenvalue weighted by Gasteiger charge is 2.51. The van der Waals surface area contributed by atoms with Gasteiger partial charge in [0.05, 0.1) is 11.2 Å². The summed E-state index contributed by atoms with van der Waals surface area (Å²) >= 11 is 0. The molecule has 4 rings (SSSR count). The predicted molar refractivity (Wildman–Crippen MR) is 118 cm³/mol. The summed E-state index contributed by atoms with van der Waals surface area (Å²) in [5, 5.41) is 0. The van der Waals surface area contributed by atoms with Crippen LogP contribution in [0.3, 0.4) is 0 Å². The highest BCUT2D eigenvalue weighted by molar-refractivity contribution is 6.62. The van der Waals surface area contributed by atoms with Gasteiger partial charge in [0.15, 0.2) is 0 Å². The number of piperidine rings is 1. The Labute approximate surface area is 171 Å². The van der Waals surface area contributed by atoms with Crippen LogP contribution in [0.1, 0.15) is 66.9 Å². The number of hydrogen-bond donors (Lipinski definition) is 0. The van der Waals surface area contributed by atoms with Gasteiger partial charge in [0.2, 0.25) is 0 Å². The maximum Gasteiger partial charge on any atom is 0.494 e. The van der Waals surface area contributed by atoms with Gasteiger partial charge < -0.3 is 14.2 Å². The number of hydrogen-bond acceptors (Lipinski definition) is 4. The Morgan fingerprint density at radius 2 is 1.57 bits per heavy atom. The Morgan fingerprint density at radius 1 is 0.964 bits per heavy atom. The second-order valence-electron chi connectivity index (χ2n) is 10.8. The number of nitrogens with zero attached hydrogens (tertiary/aromatic N) is 2. The number of fused-ring (bicyclic) bond motifs is 1. The summed E-state index contributed by atoms with van der Waals surface area (Å²) in [7, 11) is -0.264. The molecule has 0 spiro atoms. The van der Waals surface area contributed by atoms with E-state index in [2.05, 4.69) is 76.5 Å². The van der Waals surface area contributed by atoms with Crippen molar-refractivity contribution in [3.05, 3.63) is 23.8 Å². The molecule has 4 nitrogen and oxygen atoms in total. The molecule has 0 unspecified atom stereocenters. The molecule has 0 aromatic heterocycles. The zero-order chi connectivity index (χ0) is 20.3. The van der Waals surface area contributed by atoms with Crippen LogP contribution in [0.5, 0.6) is 0 Å². The van der Waals surface area contributed by atoms with Crippen molar-refractivity contribution < 1.29 is 9.31 Å². The molecule has 0 radical (unpaired) electrons. The minimum Gasteiger partial charge on any atom is -0.399 e. The molecule has 3 aliphatic heterocycles. The molecule has 28 heavy (non-hydrogen) atoms. The maximum atomic E-state index is 6.26. The third-order valence-corrected chi connectivity index (χ3v) is 7.41. The monoisotopic (exact) mass is 384 g/mol. The van der Waals surface area contributed by atoms with E-state index in [1.807, 2.05) is 0 Å². The molecule has 3 heterocycles. The van der Waals surface area contributed by atoms with E-state index in [1.165, 1.54) is 37.2 Å². The van der Waals surface area contributed by atoms with Crippen LogP contribution in [0.25, 0.3) is 0 Å². The summed E-state index contributed by atoms with van der Waals surface area (Å²) in [6.45, 7) is 19.0. The van der Waals surface area contributed by atoms with Crippen molar-refractivity contribution >= 4 is 18.3 Å². The van der Waals surface area contributed by atoms with Crippen molar-refractivity contribution in [3.63, 3.8) is 0 Å². The third kappa shape index (κ3) is 3.50. The van der Waals surface area contributed by atoms with E-state index in [4.69, 9.17) is 9.31 Å². The summed E-state index contributed by atoms with van der Waals surface area (Å²) in [6.07, 6.45) is 3.65. The van der Waals surface area contributed by atoms with Crippen molar-refractivity contribution in [1.82, 2.24) is 4.90 Å². The van der Waals surface area contributed by atoms with Gasteiger partial charge in [-0.2, -0.15) is 0 Å². The zero-order valence-electron chi connectivity index (χ0n) is 18.8. The number of rotatable bonds is 2. The highest BCUT2D eigenvalue weighted by Crippen LogP contribution is 2.38. The first-order chi connectivity index (χ1) is 13.0. The van der Waals surface area contributed by atoms with Crippen molar-refractivity contribution in [2.24, 2.45) is 0 Å². The van der Waals surface area contributed by atoms with E-state index in [0.717, 1.165) is 18.4 Å². The van der Waals surface area contributed by atoms with Gasteiger partial charge in [0.1, 0.15) is 0 Å². The van der Waals surface area contributed by atoms with E-state index in [1.54, 1.807) is 0 Å². The molecule has 0 amide bonds. The fourth-order valence-corrected chi connectivity index (χ4v) is 4.80. The summed E-state index contributed by atoms with van der Waals surface area (Å²) in [5.41, 5.74) is 3.74. The Kier molecular flexibility index (Phi) is 4.88. The molecular weight excluding hydrogens is 347 g/mol. The average Bonchev–Trinajstić information content (AvgIpc) is 3.11. The quantitative estimate of drug-likeness (QED) is 0.728. The molecule has 0 atom stereocenters. The van der Waals surface area contributed by atoms with E-state index < -0.39 is 0 Å². The highest BCUT2D eigenvalue weighted by atomic mass is 16.7. The fourth-order valence-electron chi connectivity index (χ4n) is 4.80. The van der Waals surface area contributed by atoms with Crippen LogP contribution < -0.4 is 10.4 Å². The summed E-state index contributed by atoms with van der Waals surface area (Å²) in [6, 6.07) is 7.51. The minimum absolute atomic E-state index is 0.264. The minimum atomic E-state index is -0.288. The third-order valence-electron chi connectivity index (χ3n) is 7.41. The van der Waals surface area contributed by atoms with Crippen molar-refractivity contribution in [2.45, 2.75) is 90.5 Å².